The van der Waals surface area contributed by atoms with Gasteiger partial charge in [0, 0.05) is 32.1 Å². The molecule has 3 aliphatic carbocycles. The molecule has 4 aliphatic rings. The maximum atomic E-state index is 15.3. The Kier molecular flexibility index (Phi) is 10.8. The van der Waals surface area contributed by atoms with Crippen molar-refractivity contribution in [2.75, 3.05) is 6.61 Å². The average Bonchev–Trinajstić information content (AvgIpc) is 3.15. The summed E-state index contributed by atoms with van der Waals surface area (Å²) in [5, 5.41) is 39.2. The Morgan fingerprint density at radius 3 is 2.12 bits per heavy atom. The molecular weight excluding hydrogens is 730 g/mol. The highest BCUT2D eigenvalue weighted by molar-refractivity contribution is 5.95. The highest BCUT2D eigenvalue weighted by atomic mass is 16.6. The van der Waals surface area contributed by atoms with Crippen molar-refractivity contribution in [1.82, 2.24) is 5.32 Å². The van der Waals surface area contributed by atoms with Gasteiger partial charge in [0.25, 0.3) is 0 Å². The number of nitrogens with one attached hydrogen (secondary N) is 1. The highest BCUT2D eigenvalue weighted by Crippen LogP contribution is 2.64. The molecular formula is C41H47NO14. The molecule has 15 heteroatoms. The van der Waals surface area contributed by atoms with Crippen molar-refractivity contribution < 1.29 is 67.8 Å². The van der Waals surface area contributed by atoms with Crippen LogP contribution in [0.25, 0.3) is 0 Å². The first-order valence-electron chi connectivity index (χ1n) is 18.4. The van der Waals surface area contributed by atoms with Crippen molar-refractivity contribution in [1.29, 1.82) is 0 Å². The Bertz CT molecular complexity index is 1930. The number of rotatable bonds is 10. The summed E-state index contributed by atoms with van der Waals surface area (Å²) in [5.41, 5.74) is -7.15. The van der Waals surface area contributed by atoms with Gasteiger partial charge in [-0.15, -0.1) is 0 Å². The van der Waals surface area contributed by atoms with Gasteiger partial charge in [-0.3, -0.25) is 19.2 Å². The molecule has 1 aliphatic heterocycles. The predicted octanol–water partition coefficient (Wildman–Crippen LogP) is 2.05. The van der Waals surface area contributed by atoms with Crippen LogP contribution in [0, 0.1) is 16.7 Å². The molecule has 1 amide bonds. The number of carbonyl (C=O) groups is 6. The lowest BCUT2D eigenvalue weighted by molar-refractivity contribution is -0.346. The second kappa shape index (κ2) is 14.8. The Morgan fingerprint density at radius 1 is 0.946 bits per heavy atom. The third-order valence-electron chi connectivity index (χ3n) is 12.4. The number of ketones is 1. The fourth-order valence-electron chi connectivity index (χ4n) is 9.47. The molecule has 2 bridgehead atoms. The number of benzene rings is 2. The summed E-state index contributed by atoms with van der Waals surface area (Å²) in [6.45, 7) is 7.96. The molecule has 0 radical (unpaired) electrons. The summed E-state index contributed by atoms with van der Waals surface area (Å²) in [6.07, 6.45) is -10.0. The minimum atomic E-state index is -2.36. The molecule has 2 saturated carbocycles. The number of amides is 1. The molecule has 3 fully saturated rings. The van der Waals surface area contributed by atoms with Crippen molar-refractivity contribution in [2.24, 2.45) is 16.7 Å². The van der Waals surface area contributed by atoms with E-state index in [1.807, 2.05) is 0 Å². The van der Waals surface area contributed by atoms with Gasteiger partial charge < -0.3 is 44.3 Å². The van der Waals surface area contributed by atoms with Crippen LogP contribution in [0.1, 0.15) is 76.3 Å². The Labute approximate surface area is 323 Å². The molecule has 6 rings (SSSR count). The van der Waals surface area contributed by atoms with Gasteiger partial charge in [0.05, 0.1) is 35.6 Å². The molecule has 4 N–H and O–H groups in total. The summed E-state index contributed by atoms with van der Waals surface area (Å²) in [5.74, 6) is -6.19. The van der Waals surface area contributed by atoms with Gasteiger partial charge in [0.2, 0.25) is 6.41 Å². The Balaban J connectivity index is 1.58. The van der Waals surface area contributed by atoms with Crippen LogP contribution in [-0.2, 0) is 47.7 Å². The van der Waals surface area contributed by atoms with Crippen molar-refractivity contribution in [3.05, 3.63) is 82.9 Å². The lowest BCUT2D eigenvalue weighted by Gasteiger charge is -2.67. The second-order valence-corrected chi connectivity index (χ2v) is 15.8. The highest BCUT2D eigenvalue weighted by Gasteiger charge is 2.78. The lowest BCUT2D eigenvalue weighted by Crippen LogP contribution is -2.82. The molecule has 1 heterocycles. The second-order valence-electron chi connectivity index (χ2n) is 15.8. The molecule has 0 aromatic heterocycles. The van der Waals surface area contributed by atoms with E-state index in [-0.39, 0.29) is 29.7 Å². The zero-order valence-corrected chi connectivity index (χ0v) is 31.9. The van der Waals surface area contributed by atoms with E-state index in [0.717, 1.165) is 13.8 Å². The van der Waals surface area contributed by atoms with Crippen LogP contribution in [0.2, 0.25) is 0 Å². The number of aliphatic hydroxyl groups excluding tert-OH is 2. The van der Waals surface area contributed by atoms with Crippen LogP contribution in [0.15, 0.2) is 71.8 Å². The third-order valence-corrected chi connectivity index (χ3v) is 12.4. The molecule has 0 unspecified atom stereocenters. The van der Waals surface area contributed by atoms with E-state index in [1.54, 1.807) is 62.4 Å². The first-order chi connectivity index (χ1) is 26.3. The number of hydrogen-bond donors (Lipinski definition) is 4. The van der Waals surface area contributed by atoms with E-state index in [1.165, 1.54) is 26.0 Å². The van der Waals surface area contributed by atoms with Gasteiger partial charge in [-0.2, -0.15) is 0 Å². The van der Waals surface area contributed by atoms with Crippen molar-refractivity contribution in [2.45, 2.75) is 108 Å². The van der Waals surface area contributed by atoms with Crippen LogP contribution < -0.4 is 5.32 Å². The maximum Gasteiger partial charge on any atom is 0.338 e. The zero-order valence-electron chi connectivity index (χ0n) is 31.9. The fourth-order valence-corrected chi connectivity index (χ4v) is 9.47. The van der Waals surface area contributed by atoms with Crippen LogP contribution in [-0.4, -0.2) is 106 Å². The van der Waals surface area contributed by atoms with Crippen molar-refractivity contribution in [3.63, 3.8) is 0 Å². The number of hydrogen-bond acceptors (Lipinski definition) is 14. The number of Topliss-reactive ketones (excluding diaryl/α,β-unsaturated/α-hetero) is 1. The standard InChI is InChI=1S/C41H47NO14/c1-21-26(54-37(50)31(47)30(42-20-43)24-13-9-7-10-14-24)18-41(51)35(55-36(49)25-15-11-8-12-16-25)33-39(6,27(46)17-28-40(33,19-52-28)56-23(3)45)34(48)32(53-22(2)44)29(21)38(41,4)5/h7-16,20,26-28,30-33,35,46-47,51H,17-19H2,1-6H3,(H,42,43)/t26-,27-,28+,30-,31+,32+,33-,35-,39+,40-,41+/m0/s1. The molecule has 56 heavy (non-hydrogen) atoms. The van der Waals surface area contributed by atoms with E-state index in [9.17, 15) is 39.3 Å². The van der Waals surface area contributed by atoms with Crippen LogP contribution in [0.4, 0.5) is 0 Å². The molecule has 1 saturated heterocycles. The largest absolute Gasteiger partial charge is 0.456 e. The topological polar surface area (TPSA) is 221 Å². The van der Waals surface area contributed by atoms with Gasteiger partial charge in [0.15, 0.2) is 23.6 Å². The summed E-state index contributed by atoms with van der Waals surface area (Å²) in [6, 6.07) is 14.8. The smallest absolute Gasteiger partial charge is 0.338 e. The van der Waals surface area contributed by atoms with Gasteiger partial charge in [-0.25, -0.2) is 9.59 Å². The van der Waals surface area contributed by atoms with E-state index < -0.39 is 107 Å². The van der Waals surface area contributed by atoms with E-state index >= 15 is 4.79 Å². The average molecular weight is 778 g/mol. The van der Waals surface area contributed by atoms with Crippen molar-refractivity contribution >= 4 is 36.1 Å². The quantitative estimate of drug-likeness (QED) is 0.117. The van der Waals surface area contributed by atoms with E-state index in [2.05, 4.69) is 5.32 Å². The van der Waals surface area contributed by atoms with Crippen molar-refractivity contribution in [3.8, 4) is 0 Å². The normalized spacial score (nSPS) is 34.1. The first kappa shape index (κ1) is 40.7. The molecule has 15 nitrogen and oxygen atoms in total. The van der Waals surface area contributed by atoms with Gasteiger partial charge >= 0.3 is 23.9 Å². The molecule has 300 valence electrons. The minimum absolute atomic E-state index is 0.00511. The monoisotopic (exact) mass is 777 g/mol. The number of fused-ring (bicyclic) bond motifs is 5. The molecule has 11 atom stereocenters. The summed E-state index contributed by atoms with van der Waals surface area (Å²) >= 11 is 0. The molecule has 2 aromatic carbocycles. The lowest BCUT2D eigenvalue weighted by atomic mass is 9.44. The summed E-state index contributed by atoms with van der Waals surface area (Å²) < 4.78 is 29.9. The number of esters is 4. The minimum Gasteiger partial charge on any atom is -0.456 e. The number of ether oxygens (including phenoxy) is 5. The van der Waals surface area contributed by atoms with Crippen LogP contribution in [0.3, 0.4) is 0 Å². The van der Waals surface area contributed by atoms with E-state index in [0.29, 0.717) is 12.0 Å². The first-order valence-corrected chi connectivity index (χ1v) is 18.4. The molecule has 2 aromatic rings. The Hall–Kier alpha value is -4.96. The summed E-state index contributed by atoms with van der Waals surface area (Å²) in [4.78, 5) is 80.7. The van der Waals surface area contributed by atoms with Crippen LogP contribution in [0.5, 0.6) is 0 Å². The fraction of sp³-hybridized carbons (Fsp3) is 0.512. The zero-order chi connectivity index (χ0) is 41.0. The number of carbonyl (C=O) groups excluding carboxylic acids is 6. The third kappa shape index (κ3) is 6.39. The maximum absolute atomic E-state index is 15.3. The van der Waals surface area contributed by atoms with Gasteiger partial charge in [-0.1, -0.05) is 62.4 Å². The van der Waals surface area contributed by atoms with Crippen LogP contribution >= 0.6 is 0 Å². The van der Waals surface area contributed by atoms with Gasteiger partial charge in [0.1, 0.15) is 23.9 Å². The SMILES string of the molecule is CC(=O)O[C@H]1C(=O)[C@@]2(C)[C@H]([C@H](OC(=O)c3ccccc3)[C@]3(O)C[C@H](OC(=O)[C@H](O)[C@@H](NC=O)c4ccccc4)C(C)=C1C3(C)C)[C@]1(OC(C)=O)CO[C@@H]1C[C@@H]2O. The van der Waals surface area contributed by atoms with Gasteiger partial charge in [-0.05, 0) is 42.7 Å². The predicted molar refractivity (Wildman–Crippen MR) is 193 cm³/mol. The Morgan fingerprint density at radius 2 is 1.57 bits per heavy atom. The van der Waals surface area contributed by atoms with E-state index in [4.69, 9.17) is 23.7 Å². The summed E-state index contributed by atoms with van der Waals surface area (Å²) in [7, 11) is 0. The molecule has 0 spiro atoms. The number of aliphatic hydroxyl groups is 3.